The smallest absolute Gasteiger partial charge is 0.190 e. The lowest BCUT2D eigenvalue weighted by Crippen LogP contribution is -2.30. The van der Waals surface area contributed by atoms with Gasteiger partial charge in [0.25, 0.3) is 0 Å². The summed E-state index contributed by atoms with van der Waals surface area (Å²) >= 11 is 0. The van der Waals surface area contributed by atoms with Gasteiger partial charge in [-0.1, -0.05) is 32.3 Å². The minimum atomic E-state index is -0.656. The molecule has 0 aliphatic carbocycles. The third-order valence-electron chi connectivity index (χ3n) is 3.00. The molecule has 19 heavy (non-hydrogen) atoms. The Hall–Kier alpha value is -1.16. The summed E-state index contributed by atoms with van der Waals surface area (Å²) in [7, 11) is 0. The Balaban J connectivity index is 2.20. The zero-order valence-electron chi connectivity index (χ0n) is 11.7. The van der Waals surface area contributed by atoms with Crippen molar-refractivity contribution in [2.75, 3.05) is 13.2 Å². The summed E-state index contributed by atoms with van der Waals surface area (Å²) in [6, 6.07) is 4.12. The van der Waals surface area contributed by atoms with Crippen LogP contribution >= 0.6 is 0 Å². The van der Waals surface area contributed by atoms with Crippen molar-refractivity contribution in [3.63, 3.8) is 0 Å². The van der Waals surface area contributed by atoms with E-state index in [-0.39, 0.29) is 12.4 Å². The number of unbranched alkanes of at least 4 members (excludes halogenated alkanes) is 2. The molecule has 0 spiro atoms. The van der Waals surface area contributed by atoms with Gasteiger partial charge in [-0.25, -0.2) is 8.78 Å². The average Bonchev–Trinajstić information content (AvgIpc) is 2.37. The Kier molecular flexibility index (Phi) is 7.41. The van der Waals surface area contributed by atoms with Gasteiger partial charge in [0.05, 0.1) is 0 Å². The van der Waals surface area contributed by atoms with Crippen LogP contribution in [0.25, 0.3) is 0 Å². The normalized spacial score (nSPS) is 12.4. The first-order valence-electron chi connectivity index (χ1n) is 6.95. The molecule has 108 valence electrons. The minimum Gasteiger partial charge on any atom is -0.486 e. The summed E-state index contributed by atoms with van der Waals surface area (Å²) < 4.78 is 31.6. The average molecular weight is 271 g/mol. The van der Waals surface area contributed by atoms with Gasteiger partial charge in [0, 0.05) is 12.6 Å². The van der Waals surface area contributed by atoms with Gasteiger partial charge in [0.15, 0.2) is 17.4 Å². The first-order chi connectivity index (χ1) is 9.15. The van der Waals surface area contributed by atoms with Crippen LogP contribution in [0.4, 0.5) is 8.78 Å². The third-order valence-corrected chi connectivity index (χ3v) is 3.00. The fourth-order valence-electron chi connectivity index (χ4n) is 1.88. The molecular weight excluding hydrogens is 248 g/mol. The van der Waals surface area contributed by atoms with Gasteiger partial charge in [0.2, 0.25) is 0 Å². The van der Waals surface area contributed by atoms with Gasteiger partial charge in [0.1, 0.15) is 6.61 Å². The largest absolute Gasteiger partial charge is 0.486 e. The molecule has 0 fully saturated rings. The molecule has 1 unspecified atom stereocenters. The van der Waals surface area contributed by atoms with Crippen molar-refractivity contribution < 1.29 is 13.5 Å². The molecule has 0 saturated carbocycles. The summed E-state index contributed by atoms with van der Waals surface area (Å²) in [6.45, 7) is 5.13. The van der Waals surface area contributed by atoms with Crippen LogP contribution in [-0.2, 0) is 0 Å². The van der Waals surface area contributed by atoms with E-state index in [4.69, 9.17) is 4.74 Å². The SMILES string of the molecule is CCCCCC(C)NCCOc1c(F)cccc1F. The lowest BCUT2D eigenvalue weighted by molar-refractivity contribution is 0.276. The molecule has 0 aromatic heterocycles. The van der Waals surface area contributed by atoms with Gasteiger partial charge < -0.3 is 10.1 Å². The summed E-state index contributed by atoms with van der Waals surface area (Å²) in [5.74, 6) is -1.60. The van der Waals surface area contributed by atoms with Crippen LogP contribution in [0.15, 0.2) is 18.2 Å². The minimum absolute atomic E-state index is 0.260. The second-order valence-electron chi connectivity index (χ2n) is 4.75. The van der Waals surface area contributed by atoms with Gasteiger partial charge in [-0.3, -0.25) is 0 Å². The maximum Gasteiger partial charge on any atom is 0.190 e. The first-order valence-corrected chi connectivity index (χ1v) is 6.95. The van der Waals surface area contributed by atoms with Crippen molar-refractivity contribution >= 4 is 0 Å². The summed E-state index contributed by atoms with van der Waals surface area (Å²) in [5, 5.41) is 3.28. The second kappa shape index (κ2) is 8.86. The van der Waals surface area contributed by atoms with Gasteiger partial charge in [-0.15, -0.1) is 0 Å². The molecule has 1 N–H and O–H groups in total. The molecular formula is C15H23F2NO. The molecule has 0 amide bonds. The highest BCUT2D eigenvalue weighted by Crippen LogP contribution is 2.20. The number of hydrogen-bond acceptors (Lipinski definition) is 2. The van der Waals surface area contributed by atoms with Crippen molar-refractivity contribution in [1.29, 1.82) is 0 Å². The van der Waals surface area contributed by atoms with E-state index < -0.39 is 11.6 Å². The number of halogens is 2. The highest BCUT2D eigenvalue weighted by molar-refractivity contribution is 5.25. The number of benzene rings is 1. The Labute approximate surface area is 114 Å². The fourth-order valence-corrected chi connectivity index (χ4v) is 1.88. The second-order valence-corrected chi connectivity index (χ2v) is 4.75. The molecule has 4 heteroatoms. The summed E-state index contributed by atoms with van der Waals surface area (Å²) in [6.07, 6.45) is 4.76. The predicted molar refractivity (Wildman–Crippen MR) is 73.5 cm³/mol. The molecule has 1 aromatic carbocycles. The van der Waals surface area contributed by atoms with Crippen LogP contribution < -0.4 is 10.1 Å². The van der Waals surface area contributed by atoms with E-state index in [1.54, 1.807) is 0 Å². The quantitative estimate of drug-likeness (QED) is 0.688. The van der Waals surface area contributed by atoms with Crippen LogP contribution in [-0.4, -0.2) is 19.2 Å². The molecule has 0 saturated heterocycles. The molecule has 0 radical (unpaired) electrons. The zero-order valence-corrected chi connectivity index (χ0v) is 11.7. The fraction of sp³-hybridized carbons (Fsp3) is 0.600. The molecule has 1 aromatic rings. The molecule has 0 bridgehead atoms. The molecule has 2 nitrogen and oxygen atoms in total. The van der Waals surface area contributed by atoms with Crippen LogP contribution in [0.5, 0.6) is 5.75 Å². The number of nitrogens with one attached hydrogen (secondary N) is 1. The molecule has 1 atom stereocenters. The number of hydrogen-bond donors (Lipinski definition) is 1. The predicted octanol–water partition coefficient (Wildman–Crippen LogP) is 3.90. The van der Waals surface area contributed by atoms with Crippen molar-refractivity contribution in [3.8, 4) is 5.75 Å². The van der Waals surface area contributed by atoms with Gasteiger partial charge in [-0.2, -0.15) is 0 Å². The number of ether oxygens (including phenoxy) is 1. The lowest BCUT2D eigenvalue weighted by Gasteiger charge is -2.14. The number of para-hydroxylation sites is 1. The molecule has 1 rings (SSSR count). The van der Waals surface area contributed by atoms with Crippen molar-refractivity contribution in [1.82, 2.24) is 5.32 Å². The Morgan fingerprint density at radius 2 is 1.89 bits per heavy atom. The molecule has 0 heterocycles. The van der Waals surface area contributed by atoms with Crippen molar-refractivity contribution in [2.24, 2.45) is 0 Å². The van der Waals surface area contributed by atoms with Crippen LogP contribution in [0.1, 0.15) is 39.5 Å². The lowest BCUT2D eigenvalue weighted by atomic mass is 10.1. The van der Waals surface area contributed by atoms with Crippen LogP contribution in [0, 0.1) is 11.6 Å². The monoisotopic (exact) mass is 271 g/mol. The molecule has 0 aliphatic heterocycles. The zero-order chi connectivity index (χ0) is 14.1. The third kappa shape index (κ3) is 6.01. The highest BCUT2D eigenvalue weighted by Gasteiger charge is 2.09. The number of rotatable bonds is 9. The van der Waals surface area contributed by atoms with E-state index in [1.807, 2.05) is 0 Å². The van der Waals surface area contributed by atoms with E-state index >= 15 is 0 Å². The van der Waals surface area contributed by atoms with E-state index in [0.717, 1.165) is 6.42 Å². The summed E-state index contributed by atoms with van der Waals surface area (Å²) in [4.78, 5) is 0. The van der Waals surface area contributed by atoms with Crippen LogP contribution in [0.3, 0.4) is 0 Å². The summed E-state index contributed by atoms with van der Waals surface area (Å²) in [5.41, 5.74) is 0. The maximum atomic E-state index is 13.3. The first kappa shape index (κ1) is 15.9. The van der Waals surface area contributed by atoms with Gasteiger partial charge in [-0.05, 0) is 25.5 Å². The Morgan fingerprint density at radius 3 is 2.53 bits per heavy atom. The van der Waals surface area contributed by atoms with Gasteiger partial charge >= 0.3 is 0 Å². The van der Waals surface area contributed by atoms with E-state index in [0.29, 0.717) is 12.6 Å². The van der Waals surface area contributed by atoms with Crippen LogP contribution in [0.2, 0.25) is 0 Å². The Bertz CT molecular complexity index is 351. The van der Waals surface area contributed by atoms with E-state index in [1.165, 1.54) is 37.5 Å². The maximum absolute atomic E-state index is 13.3. The standard InChI is InChI=1S/C15H23F2NO/c1-3-4-5-7-12(2)18-10-11-19-15-13(16)8-6-9-14(15)17/h6,8-9,12,18H,3-5,7,10-11H2,1-2H3. The van der Waals surface area contributed by atoms with E-state index in [2.05, 4.69) is 19.2 Å². The Morgan fingerprint density at radius 1 is 1.21 bits per heavy atom. The van der Waals surface area contributed by atoms with Crippen molar-refractivity contribution in [2.45, 2.75) is 45.6 Å². The van der Waals surface area contributed by atoms with E-state index in [9.17, 15) is 8.78 Å². The van der Waals surface area contributed by atoms with Crippen molar-refractivity contribution in [3.05, 3.63) is 29.8 Å². The topological polar surface area (TPSA) is 21.3 Å². The highest BCUT2D eigenvalue weighted by atomic mass is 19.1. The molecule has 0 aliphatic rings.